The number of hydrogen-bond acceptors (Lipinski definition) is 5. The topological polar surface area (TPSA) is 87.0 Å². The third kappa shape index (κ3) is 3.43. The number of rotatable bonds is 3. The van der Waals surface area contributed by atoms with E-state index in [1.54, 1.807) is 0 Å². The fraction of sp³-hybridized carbons (Fsp3) is 0.900. The zero-order chi connectivity index (χ0) is 25.8. The number of aliphatic hydroxyl groups excluding tert-OH is 2. The maximum Gasteiger partial charge on any atom is 0.159 e. The van der Waals surface area contributed by atoms with Crippen molar-refractivity contribution < 1.29 is 24.9 Å². The molecule has 0 aromatic carbocycles. The highest BCUT2D eigenvalue weighted by atomic mass is 16.5. The number of ketones is 1. The predicted molar refractivity (Wildman–Crippen MR) is 136 cm³/mol. The standard InChI is InChI=1S/C30H48O5/c1-17(14-20-25-18(26(2,3)35-20)8-13-30(25,7)34)24-19(32)15-22-27(4)12-10-23(33)29(6,16-31)21(27)9-11-28(22,24)5/h18,20-23,25,31,33-34H,8-16H2,1-7H3/b24-17+/t18-,20-,21+,22-,23-,25+,27-,28-,29+,30+/m0/s1. The molecule has 0 aromatic heterocycles. The third-order valence-electron chi connectivity index (χ3n) is 12.2. The van der Waals surface area contributed by atoms with Gasteiger partial charge in [-0.25, -0.2) is 0 Å². The summed E-state index contributed by atoms with van der Waals surface area (Å²) in [5, 5.41) is 32.3. The molecule has 5 fully saturated rings. The van der Waals surface area contributed by atoms with Crippen LogP contribution in [0.25, 0.3) is 0 Å². The quantitative estimate of drug-likeness (QED) is 0.496. The highest BCUT2D eigenvalue weighted by Crippen LogP contribution is 2.69. The molecule has 5 rings (SSSR count). The average Bonchev–Trinajstić information content (AvgIpc) is 3.33. The summed E-state index contributed by atoms with van der Waals surface area (Å²) in [7, 11) is 0. The van der Waals surface area contributed by atoms with Gasteiger partial charge >= 0.3 is 0 Å². The van der Waals surface area contributed by atoms with Crippen LogP contribution >= 0.6 is 0 Å². The van der Waals surface area contributed by atoms with Crippen molar-refractivity contribution in [3.63, 3.8) is 0 Å². The van der Waals surface area contributed by atoms with Gasteiger partial charge in [-0.1, -0.05) is 26.3 Å². The highest BCUT2D eigenvalue weighted by Gasteiger charge is 2.66. The number of hydrogen-bond donors (Lipinski definition) is 3. The van der Waals surface area contributed by atoms with Gasteiger partial charge in [-0.05, 0) is 101 Å². The van der Waals surface area contributed by atoms with Crippen LogP contribution in [0.4, 0.5) is 0 Å². The lowest BCUT2D eigenvalue weighted by Gasteiger charge is -2.62. The smallest absolute Gasteiger partial charge is 0.159 e. The molecule has 5 aliphatic rings. The Balaban J connectivity index is 1.48. The Hall–Kier alpha value is -0.750. The lowest BCUT2D eigenvalue weighted by Crippen LogP contribution is -2.59. The van der Waals surface area contributed by atoms with Crippen molar-refractivity contribution in [2.75, 3.05) is 6.61 Å². The molecule has 1 aliphatic heterocycles. The van der Waals surface area contributed by atoms with E-state index in [4.69, 9.17) is 4.74 Å². The Labute approximate surface area is 211 Å². The van der Waals surface area contributed by atoms with Gasteiger partial charge in [0.2, 0.25) is 0 Å². The Morgan fingerprint density at radius 1 is 1.00 bits per heavy atom. The van der Waals surface area contributed by atoms with Crippen LogP contribution in [0.3, 0.4) is 0 Å². The summed E-state index contributed by atoms with van der Waals surface area (Å²) in [5.41, 5.74) is 0.420. The van der Waals surface area contributed by atoms with Crippen molar-refractivity contribution in [2.24, 2.45) is 39.9 Å². The lowest BCUT2D eigenvalue weighted by molar-refractivity contribution is -0.178. The van der Waals surface area contributed by atoms with E-state index in [2.05, 4.69) is 34.6 Å². The SMILES string of the molecule is C/C(C[C@@H]1OC(C)(C)[C@H]2CC[C@@](C)(O)[C@@H]12)=C1/C(=O)C[C@H]2[C@@]3(C)CC[C@H](O)[C@](C)(CO)[C@@H]3CC[C@]12C. The molecule has 0 unspecified atom stereocenters. The molecule has 1 heterocycles. The molecule has 0 bridgehead atoms. The van der Waals surface area contributed by atoms with E-state index >= 15 is 0 Å². The second kappa shape index (κ2) is 7.88. The second-order valence-electron chi connectivity index (χ2n) is 14.6. The van der Waals surface area contributed by atoms with Crippen molar-refractivity contribution in [2.45, 2.75) is 123 Å². The zero-order valence-electron chi connectivity index (χ0n) is 23.0. The Kier molecular flexibility index (Phi) is 5.83. The van der Waals surface area contributed by atoms with Gasteiger partial charge < -0.3 is 20.1 Å². The van der Waals surface area contributed by atoms with Gasteiger partial charge in [0.05, 0.1) is 30.0 Å². The summed E-state index contributed by atoms with van der Waals surface area (Å²) < 4.78 is 6.58. The molecule has 5 nitrogen and oxygen atoms in total. The molecule has 198 valence electrons. The van der Waals surface area contributed by atoms with Crippen LogP contribution in [0, 0.1) is 39.9 Å². The molecule has 35 heavy (non-hydrogen) atoms. The predicted octanol–water partition coefficient (Wildman–Crippen LogP) is 4.81. The van der Waals surface area contributed by atoms with Gasteiger partial charge in [0, 0.05) is 23.3 Å². The van der Waals surface area contributed by atoms with Gasteiger partial charge in [-0.3, -0.25) is 4.79 Å². The molecule has 0 spiro atoms. The number of carbonyl (C=O) groups is 1. The van der Waals surface area contributed by atoms with Crippen molar-refractivity contribution in [1.29, 1.82) is 0 Å². The largest absolute Gasteiger partial charge is 0.396 e. The molecule has 0 aromatic rings. The van der Waals surface area contributed by atoms with Gasteiger partial charge in [-0.2, -0.15) is 0 Å². The number of ether oxygens (including phenoxy) is 1. The Morgan fingerprint density at radius 3 is 2.34 bits per heavy atom. The third-order valence-corrected chi connectivity index (χ3v) is 12.2. The maximum absolute atomic E-state index is 13.7. The molecular formula is C30H48O5. The minimum atomic E-state index is -0.719. The minimum absolute atomic E-state index is 0.00911. The summed E-state index contributed by atoms with van der Waals surface area (Å²) in [5.74, 6) is 1.17. The fourth-order valence-electron chi connectivity index (χ4n) is 10.5. The molecule has 4 saturated carbocycles. The van der Waals surface area contributed by atoms with Crippen molar-refractivity contribution in [3.8, 4) is 0 Å². The molecule has 1 saturated heterocycles. The first-order chi connectivity index (χ1) is 16.1. The lowest BCUT2D eigenvalue weighted by atomic mass is 9.43. The van der Waals surface area contributed by atoms with E-state index in [1.165, 1.54) is 0 Å². The monoisotopic (exact) mass is 488 g/mol. The van der Waals surface area contributed by atoms with Crippen LogP contribution in [-0.4, -0.2) is 51.1 Å². The zero-order valence-corrected chi connectivity index (χ0v) is 23.0. The van der Waals surface area contributed by atoms with Gasteiger partial charge in [0.25, 0.3) is 0 Å². The number of fused-ring (bicyclic) bond motifs is 4. The first-order valence-electron chi connectivity index (χ1n) is 14.0. The molecule has 4 aliphatic carbocycles. The Morgan fingerprint density at radius 2 is 1.69 bits per heavy atom. The second-order valence-corrected chi connectivity index (χ2v) is 14.6. The summed E-state index contributed by atoms with van der Waals surface area (Å²) in [6, 6.07) is 0. The molecule has 10 atom stereocenters. The van der Waals surface area contributed by atoms with Crippen LogP contribution in [0.5, 0.6) is 0 Å². The van der Waals surface area contributed by atoms with Crippen molar-refractivity contribution in [1.82, 2.24) is 0 Å². The van der Waals surface area contributed by atoms with Crippen molar-refractivity contribution >= 4 is 5.78 Å². The summed E-state index contributed by atoms with van der Waals surface area (Å²) >= 11 is 0. The highest BCUT2D eigenvalue weighted by molar-refractivity contribution is 6.00. The number of carbonyl (C=O) groups excluding carboxylic acids is 1. The normalized spacial score (nSPS) is 54.4. The first-order valence-corrected chi connectivity index (χ1v) is 14.0. The van der Waals surface area contributed by atoms with Crippen LogP contribution in [0.15, 0.2) is 11.1 Å². The molecular weight excluding hydrogens is 440 g/mol. The molecule has 3 N–H and O–H groups in total. The molecule has 0 amide bonds. The summed E-state index contributed by atoms with van der Waals surface area (Å²) in [6.45, 7) is 15.1. The van der Waals surface area contributed by atoms with E-state index < -0.39 is 17.1 Å². The van der Waals surface area contributed by atoms with Gasteiger partial charge in [0.1, 0.15) is 0 Å². The van der Waals surface area contributed by atoms with Crippen LogP contribution < -0.4 is 0 Å². The van der Waals surface area contributed by atoms with Gasteiger partial charge in [0.15, 0.2) is 5.78 Å². The maximum atomic E-state index is 13.7. The van der Waals surface area contributed by atoms with Gasteiger partial charge in [-0.15, -0.1) is 0 Å². The number of allylic oxidation sites excluding steroid dienone is 1. The van der Waals surface area contributed by atoms with E-state index in [0.717, 1.165) is 43.3 Å². The first kappa shape index (κ1) is 25.9. The van der Waals surface area contributed by atoms with E-state index in [1.807, 2.05) is 13.8 Å². The Bertz CT molecular complexity index is 933. The molecule has 5 heteroatoms. The summed E-state index contributed by atoms with van der Waals surface area (Å²) in [4.78, 5) is 13.7. The molecule has 0 radical (unpaired) electrons. The average molecular weight is 489 g/mol. The number of aliphatic hydroxyl groups is 3. The van der Waals surface area contributed by atoms with Crippen LogP contribution in [-0.2, 0) is 9.53 Å². The van der Waals surface area contributed by atoms with Crippen LogP contribution in [0.2, 0.25) is 0 Å². The van der Waals surface area contributed by atoms with E-state index in [-0.39, 0.29) is 52.7 Å². The van der Waals surface area contributed by atoms with Crippen molar-refractivity contribution in [3.05, 3.63) is 11.1 Å². The van der Waals surface area contributed by atoms with E-state index in [0.29, 0.717) is 25.2 Å². The minimum Gasteiger partial charge on any atom is -0.396 e. The summed E-state index contributed by atoms with van der Waals surface area (Å²) in [6.07, 6.45) is 5.95. The fourth-order valence-corrected chi connectivity index (χ4v) is 10.5. The van der Waals surface area contributed by atoms with E-state index in [9.17, 15) is 20.1 Å². The van der Waals surface area contributed by atoms with Crippen LogP contribution in [0.1, 0.15) is 99.8 Å². The number of Topliss-reactive ketones (excluding diaryl/α,β-unsaturated/α-hetero) is 1.